The molecule has 0 saturated carbocycles. The first kappa shape index (κ1) is 22.3. The summed E-state index contributed by atoms with van der Waals surface area (Å²) >= 11 is 6.20. The van der Waals surface area contributed by atoms with Gasteiger partial charge in [0.1, 0.15) is 17.5 Å². The normalized spacial score (nSPS) is 21.1. The number of carbonyl (C=O) groups is 1. The van der Waals surface area contributed by atoms with Crippen LogP contribution in [0.3, 0.4) is 0 Å². The van der Waals surface area contributed by atoms with Crippen molar-refractivity contribution in [1.82, 2.24) is 25.9 Å². The molecule has 7 nitrogen and oxygen atoms in total. The van der Waals surface area contributed by atoms with Crippen molar-refractivity contribution in [2.24, 2.45) is 5.92 Å². The van der Waals surface area contributed by atoms with Crippen LogP contribution in [0.25, 0.3) is 5.57 Å². The van der Waals surface area contributed by atoms with Crippen molar-refractivity contribution in [1.29, 1.82) is 0 Å². The van der Waals surface area contributed by atoms with E-state index < -0.39 is 23.9 Å². The van der Waals surface area contributed by atoms with Crippen molar-refractivity contribution >= 4 is 28.9 Å². The van der Waals surface area contributed by atoms with E-state index in [9.17, 15) is 13.6 Å². The van der Waals surface area contributed by atoms with E-state index in [0.29, 0.717) is 18.1 Å². The van der Waals surface area contributed by atoms with Crippen LogP contribution in [0.1, 0.15) is 44.3 Å². The minimum absolute atomic E-state index is 0.0158. The maximum absolute atomic E-state index is 13.1. The Morgan fingerprint density at radius 3 is 2.57 bits per heavy atom. The second kappa shape index (κ2) is 8.02. The van der Waals surface area contributed by atoms with Gasteiger partial charge in [-0.3, -0.25) is 4.79 Å². The molecule has 0 aromatic carbocycles. The summed E-state index contributed by atoms with van der Waals surface area (Å²) in [6, 6.07) is 0. The molecule has 0 saturated heterocycles. The molecule has 0 radical (unpaired) electrons. The highest BCUT2D eigenvalue weighted by molar-refractivity contribution is 6.29. The summed E-state index contributed by atoms with van der Waals surface area (Å²) in [7, 11) is 0. The smallest absolute Gasteiger partial charge is 0.262 e. The Bertz CT molecular complexity index is 909. The highest BCUT2D eigenvalue weighted by Gasteiger charge is 2.35. The Kier molecular flexibility index (Phi) is 5.95. The summed E-state index contributed by atoms with van der Waals surface area (Å²) in [5.74, 6) is -2.44. The molecule has 164 valence electrons. The lowest BCUT2D eigenvalue weighted by molar-refractivity contribution is -0.126. The topological polar surface area (TPSA) is 91.0 Å². The van der Waals surface area contributed by atoms with Crippen molar-refractivity contribution in [2.45, 2.75) is 58.7 Å². The van der Waals surface area contributed by atoms with Crippen LogP contribution in [0.15, 0.2) is 17.4 Å². The van der Waals surface area contributed by atoms with E-state index in [-0.39, 0.29) is 12.1 Å². The molecular weight excluding hydrogens is 414 g/mol. The van der Waals surface area contributed by atoms with Crippen LogP contribution in [-0.4, -0.2) is 40.0 Å². The van der Waals surface area contributed by atoms with E-state index in [1.54, 1.807) is 20.0 Å². The Morgan fingerprint density at radius 2 is 1.90 bits per heavy atom. The molecule has 3 heterocycles. The summed E-state index contributed by atoms with van der Waals surface area (Å²) in [6.45, 7) is 6.98. The van der Waals surface area contributed by atoms with E-state index in [0.717, 1.165) is 28.8 Å². The van der Waals surface area contributed by atoms with Gasteiger partial charge in [0.25, 0.3) is 5.92 Å². The molecule has 1 amide bonds. The molecule has 3 rings (SSSR count). The minimum atomic E-state index is -2.98. The average molecular weight is 441 g/mol. The van der Waals surface area contributed by atoms with Crippen LogP contribution in [-0.2, 0) is 4.79 Å². The van der Waals surface area contributed by atoms with Crippen LogP contribution in [0, 0.1) is 19.8 Å². The molecule has 10 heteroatoms. The summed E-state index contributed by atoms with van der Waals surface area (Å²) in [6.07, 6.45) is 4.33. The maximum atomic E-state index is 13.1. The van der Waals surface area contributed by atoms with Crippen molar-refractivity contribution in [2.75, 3.05) is 11.9 Å². The van der Waals surface area contributed by atoms with Crippen LogP contribution >= 0.6 is 11.6 Å². The monoisotopic (exact) mass is 440 g/mol. The van der Waals surface area contributed by atoms with Crippen LogP contribution in [0.5, 0.6) is 0 Å². The number of halogens is 3. The number of hydrogen-bond donors (Lipinski definition) is 4. The molecule has 4 N–H and O–H groups in total. The molecule has 0 aliphatic carbocycles. The standard InChI is InChI=1S/C20H27ClF2N6O/c1-10-11(2)27-17(14-8-25-16-13(14)6-12(21)7-24-16)28-15(10)29-19(3,4)18(30)26-9-20(5,22)23/h7-8,13,16,24-25H,6,9H2,1-5H3,(H,26,30)(H,27,28,29). The first-order valence-corrected chi connectivity index (χ1v) is 10.1. The van der Waals surface area contributed by atoms with Gasteiger partial charge in [-0.2, -0.15) is 0 Å². The SMILES string of the molecule is Cc1nc(C2=CNC3NC=C(Cl)CC23)nc(NC(C)(C)C(=O)NCC(C)(F)F)c1C. The summed E-state index contributed by atoms with van der Waals surface area (Å²) in [5, 5.41) is 12.6. The number of hydrogen-bond acceptors (Lipinski definition) is 6. The van der Waals surface area contributed by atoms with Crippen LogP contribution in [0.2, 0.25) is 0 Å². The lowest BCUT2D eigenvalue weighted by Gasteiger charge is -2.29. The molecule has 2 aliphatic heterocycles. The maximum Gasteiger partial charge on any atom is 0.262 e. The van der Waals surface area contributed by atoms with Crippen LogP contribution in [0.4, 0.5) is 14.6 Å². The fourth-order valence-corrected chi connectivity index (χ4v) is 3.57. The van der Waals surface area contributed by atoms with Crippen molar-refractivity contribution < 1.29 is 13.6 Å². The van der Waals surface area contributed by atoms with Crippen molar-refractivity contribution in [3.8, 4) is 0 Å². The number of amides is 1. The average Bonchev–Trinajstić information content (AvgIpc) is 3.05. The minimum Gasteiger partial charge on any atom is -0.370 e. The number of aromatic nitrogens is 2. The molecule has 1 aromatic heterocycles. The first-order valence-electron chi connectivity index (χ1n) is 9.74. The van der Waals surface area contributed by atoms with Gasteiger partial charge in [0.2, 0.25) is 5.91 Å². The molecular formula is C20H27ClF2N6O. The predicted octanol–water partition coefficient (Wildman–Crippen LogP) is 3.02. The van der Waals surface area contributed by atoms with E-state index in [2.05, 4.69) is 31.2 Å². The fraction of sp³-hybridized carbons (Fsp3) is 0.550. The van der Waals surface area contributed by atoms with Gasteiger partial charge < -0.3 is 21.3 Å². The van der Waals surface area contributed by atoms with Gasteiger partial charge in [-0.1, -0.05) is 11.6 Å². The zero-order chi connectivity index (χ0) is 22.3. The Balaban J connectivity index is 1.84. The van der Waals surface area contributed by atoms with Crippen LogP contribution < -0.4 is 21.3 Å². The quantitative estimate of drug-likeness (QED) is 0.543. The van der Waals surface area contributed by atoms with Gasteiger partial charge in [-0.05, 0) is 34.1 Å². The number of rotatable bonds is 6. The van der Waals surface area contributed by atoms with Crippen molar-refractivity contribution in [3.63, 3.8) is 0 Å². The largest absolute Gasteiger partial charge is 0.370 e. The Morgan fingerprint density at radius 1 is 1.23 bits per heavy atom. The lowest BCUT2D eigenvalue weighted by atomic mass is 9.93. The second-order valence-electron chi connectivity index (χ2n) is 8.42. The van der Waals surface area contributed by atoms with Crippen molar-refractivity contribution in [3.05, 3.63) is 34.5 Å². The number of nitrogens with zero attached hydrogens (tertiary/aromatic N) is 2. The highest BCUT2D eigenvalue weighted by Crippen LogP contribution is 2.36. The number of carbonyl (C=O) groups excluding carboxylic acids is 1. The fourth-order valence-electron chi connectivity index (χ4n) is 3.34. The Labute approximate surface area is 179 Å². The number of fused-ring (bicyclic) bond motifs is 1. The van der Waals surface area contributed by atoms with Gasteiger partial charge in [0, 0.05) is 47.1 Å². The van der Waals surface area contributed by atoms with Gasteiger partial charge in [-0.25, -0.2) is 18.7 Å². The van der Waals surface area contributed by atoms with Gasteiger partial charge in [0.05, 0.1) is 6.54 Å². The second-order valence-corrected chi connectivity index (χ2v) is 8.91. The first-order chi connectivity index (χ1) is 13.9. The molecule has 30 heavy (non-hydrogen) atoms. The number of nitrogens with one attached hydrogen (secondary N) is 4. The zero-order valence-electron chi connectivity index (χ0n) is 17.7. The van der Waals surface area contributed by atoms with Gasteiger partial charge in [0.15, 0.2) is 5.82 Å². The predicted molar refractivity (Wildman–Crippen MR) is 113 cm³/mol. The van der Waals surface area contributed by atoms with E-state index in [4.69, 9.17) is 11.6 Å². The number of aryl methyl sites for hydroxylation is 1. The lowest BCUT2D eigenvalue weighted by Crippen LogP contribution is -2.50. The van der Waals surface area contributed by atoms with Gasteiger partial charge in [-0.15, -0.1) is 0 Å². The zero-order valence-corrected chi connectivity index (χ0v) is 18.4. The van der Waals surface area contributed by atoms with E-state index >= 15 is 0 Å². The third-order valence-electron chi connectivity index (χ3n) is 5.26. The third-order valence-corrected chi connectivity index (χ3v) is 5.52. The number of alkyl halides is 2. The van der Waals surface area contributed by atoms with E-state index in [1.165, 1.54) is 0 Å². The summed E-state index contributed by atoms with van der Waals surface area (Å²) in [4.78, 5) is 21.8. The molecule has 0 bridgehead atoms. The van der Waals surface area contributed by atoms with E-state index in [1.807, 2.05) is 20.0 Å². The highest BCUT2D eigenvalue weighted by atomic mass is 35.5. The number of allylic oxidation sites excluding steroid dienone is 1. The Hall–Kier alpha value is -2.42. The summed E-state index contributed by atoms with van der Waals surface area (Å²) < 4.78 is 26.2. The molecule has 0 fully saturated rings. The molecule has 2 atom stereocenters. The van der Waals surface area contributed by atoms with Gasteiger partial charge >= 0.3 is 0 Å². The molecule has 0 spiro atoms. The summed E-state index contributed by atoms with van der Waals surface area (Å²) in [5.41, 5.74) is 1.30. The molecule has 1 aromatic rings. The molecule has 2 unspecified atom stereocenters. The number of anilines is 1. The molecule has 2 aliphatic rings. The third kappa shape index (κ3) is 4.83.